The molecule has 1 aromatic carbocycles. The fourth-order valence-electron chi connectivity index (χ4n) is 1.16. The molecule has 0 saturated carbocycles. The van der Waals surface area contributed by atoms with Gasteiger partial charge in [0.2, 0.25) is 0 Å². The monoisotopic (exact) mass is 208 g/mol. The first kappa shape index (κ1) is 11.5. The zero-order chi connectivity index (χ0) is 11.3. The molecule has 4 heteroatoms. The highest BCUT2D eigenvalue weighted by atomic mass is 16.3. The third kappa shape index (κ3) is 3.25. The molecule has 82 valence electrons. The van der Waals surface area contributed by atoms with E-state index in [2.05, 4.69) is 5.32 Å². The van der Waals surface area contributed by atoms with Crippen molar-refractivity contribution < 1.29 is 9.90 Å². The third-order valence-corrected chi connectivity index (χ3v) is 2.14. The van der Waals surface area contributed by atoms with E-state index in [4.69, 9.17) is 5.73 Å². The number of aryl methyl sites for hydroxylation is 1. The number of nitrogens with one attached hydrogen (secondary N) is 1. The van der Waals surface area contributed by atoms with E-state index in [1.165, 1.54) is 6.07 Å². The van der Waals surface area contributed by atoms with Gasteiger partial charge in [-0.3, -0.25) is 4.79 Å². The zero-order valence-electron chi connectivity index (χ0n) is 8.79. The Morgan fingerprint density at radius 3 is 2.87 bits per heavy atom. The summed E-state index contributed by atoms with van der Waals surface area (Å²) in [7, 11) is 0. The number of hydrogen-bond acceptors (Lipinski definition) is 3. The summed E-state index contributed by atoms with van der Waals surface area (Å²) in [5.41, 5.74) is 6.53. The van der Waals surface area contributed by atoms with E-state index < -0.39 is 0 Å². The fourth-order valence-corrected chi connectivity index (χ4v) is 1.16. The zero-order valence-corrected chi connectivity index (χ0v) is 8.79. The van der Waals surface area contributed by atoms with Crippen LogP contribution in [0.4, 0.5) is 0 Å². The van der Waals surface area contributed by atoms with E-state index in [9.17, 15) is 9.90 Å². The molecular formula is C11H16N2O2. The maximum Gasteiger partial charge on any atom is 0.251 e. The minimum Gasteiger partial charge on any atom is -0.508 e. The van der Waals surface area contributed by atoms with Gasteiger partial charge in [-0.15, -0.1) is 0 Å². The highest BCUT2D eigenvalue weighted by Gasteiger charge is 2.06. The fraction of sp³-hybridized carbons (Fsp3) is 0.364. The molecule has 4 N–H and O–H groups in total. The average Bonchev–Trinajstić information content (AvgIpc) is 2.22. The van der Waals surface area contributed by atoms with Crippen molar-refractivity contribution >= 4 is 5.91 Å². The molecule has 0 aliphatic heterocycles. The Balaban J connectivity index is 2.62. The van der Waals surface area contributed by atoms with Gasteiger partial charge in [0.15, 0.2) is 0 Å². The summed E-state index contributed by atoms with van der Waals surface area (Å²) in [5, 5.41) is 12.1. The second-order valence-electron chi connectivity index (χ2n) is 3.40. The largest absolute Gasteiger partial charge is 0.508 e. The third-order valence-electron chi connectivity index (χ3n) is 2.14. The van der Waals surface area contributed by atoms with Crippen LogP contribution in [0.3, 0.4) is 0 Å². The Morgan fingerprint density at radius 1 is 1.53 bits per heavy atom. The van der Waals surface area contributed by atoms with Crippen molar-refractivity contribution in [3.63, 3.8) is 0 Å². The second-order valence-corrected chi connectivity index (χ2v) is 3.40. The number of benzene rings is 1. The van der Waals surface area contributed by atoms with Gasteiger partial charge in [-0.1, -0.05) is 6.07 Å². The Kier molecular flexibility index (Phi) is 4.12. The van der Waals surface area contributed by atoms with E-state index in [0.717, 1.165) is 12.0 Å². The van der Waals surface area contributed by atoms with Crippen molar-refractivity contribution in [2.45, 2.75) is 13.3 Å². The minimum atomic E-state index is -0.182. The number of rotatable bonds is 4. The lowest BCUT2D eigenvalue weighted by molar-refractivity contribution is 0.0953. The van der Waals surface area contributed by atoms with Crippen LogP contribution in [-0.4, -0.2) is 24.1 Å². The molecule has 0 heterocycles. The molecule has 0 atom stereocenters. The summed E-state index contributed by atoms with van der Waals surface area (Å²) in [5.74, 6) is -0.0415. The number of carbonyl (C=O) groups excluding carboxylic acids is 1. The first-order valence-electron chi connectivity index (χ1n) is 4.93. The normalized spacial score (nSPS) is 10.0. The number of amides is 1. The van der Waals surface area contributed by atoms with Crippen LogP contribution in [0.1, 0.15) is 22.3 Å². The molecule has 0 unspecified atom stereocenters. The summed E-state index contributed by atoms with van der Waals surface area (Å²) < 4.78 is 0. The Labute approximate surface area is 89.1 Å². The van der Waals surface area contributed by atoms with Gasteiger partial charge in [-0.2, -0.15) is 0 Å². The number of phenolic OH excluding ortho intramolecular Hbond substituents is 1. The van der Waals surface area contributed by atoms with Crippen LogP contribution in [0.25, 0.3) is 0 Å². The van der Waals surface area contributed by atoms with Gasteiger partial charge in [0.1, 0.15) is 5.75 Å². The standard InChI is InChI=1S/C11H16N2O2/c1-8-3-4-9(7-10(8)14)11(15)13-6-2-5-12/h3-4,7,14H,2,5-6,12H2,1H3,(H,13,15). The summed E-state index contributed by atoms with van der Waals surface area (Å²) in [4.78, 5) is 11.5. The van der Waals surface area contributed by atoms with Crippen LogP contribution < -0.4 is 11.1 Å². The maximum absolute atomic E-state index is 11.5. The van der Waals surface area contributed by atoms with E-state index in [1.54, 1.807) is 19.1 Å². The highest BCUT2D eigenvalue weighted by Crippen LogP contribution is 2.17. The maximum atomic E-state index is 11.5. The molecule has 0 aliphatic carbocycles. The van der Waals surface area contributed by atoms with Crippen LogP contribution in [0.2, 0.25) is 0 Å². The summed E-state index contributed by atoms with van der Waals surface area (Å²) in [6, 6.07) is 4.87. The van der Waals surface area contributed by atoms with Crippen LogP contribution in [0, 0.1) is 6.92 Å². The molecule has 0 spiro atoms. The van der Waals surface area contributed by atoms with Crippen LogP contribution in [0.15, 0.2) is 18.2 Å². The van der Waals surface area contributed by atoms with E-state index in [-0.39, 0.29) is 11.7 Å². The topological polar surface area (TPSA) is 75.4 Å². The number of aromatic hydroxyl groups is 1. The van der Waals surface area contributed by atoms with Crippen LogP contribution >= 0.6 is 0 Å². The van der Waals surface area contributed by atoms with Crippen molar-refractivity contribution in [2.24, 2.45) is 5.73 Å². The smallest absolute Gasteiger partial charge is 0.251 e. The van der Waals surface area contributed by atoms with Gasteiger partial charge < -0.3 is 16.2 Å². The molecule has 1 aromatic rings. The molecule has 0 fully saturated rings. The predicted octanol–water partition coefficient (Wildman–Crippen LogP) is 0.779. The first-order chi connectivity index (χ1) is 7.15. The lowest BCUT2D eigenvalue weighted by Crippen LogP contribution is -2.25. The van der Waals surface area contributed by atoms with Crippen molar-refractivity contribution in [3.8, 4) is 5.75 Å². The van der Waals surface area contributed by atoms with Gasteiger partial charge in [0.05, 0.1) is 0 Å². The SMILES string of the molecule is Cc1ccc(C(=O)NCCCN)cc1O. The lowest BCUT2D eigenvalue weighted by Gasteiger charge is -2.05. The van der Waals surface area contributed by atoms with Crippen LogP contribution in [0.5, 0.6) is 5.75 Å². The van der Waals surface area contributed by atoms with Crippen LogP contribution in [-0.2, 0) is 0 Å². The molecule has 0 bridgehead atoms. The number of phenols is 1. The summed E-state index contributed by atoms with van der Waals surface area (Å²) in [6.07, 6.45) is 0.754. The molecule has 0 radical (unpaired) electrons. The van der Waals surface area contributed by atoms with Gasteiger partial charge >= 0.3 is 0 Å². The van der Waals surface area contributed by atoms with Gasteiger partial charge in [0, 0.05) is 12.1 Å². The second kappa shape index (κ2) is 5.36. The summed E-state index contributed by atoms with van der Waals surface area (Å²) >= 11 is 0. The molecule has 15 heavy (non-hydrogen) atoms. The van der Waals surface area contributed by atoms with Gasteiger partial charge in [-0.05, 0) is 37.6 Å². The molecular weight excluding hydrogens is 192 g/mol. The molecule has 0 aliphatic rings. The molecule has 0 aromatic heterocycles. The van der Waals surface area contributed by atoms with E-state index >= 15 is 0 Å². The molecule has 4 nitrogen and oxygen atoms in total. The quantitative estimate of drug-likeness (QED) is 0.640. The number of nitrogens with two attached hydrogens (primary N) is 1. The predicted molar refractivity (Wildman–Crippen MR) is 58.8 cm³/mol. The molecule has 1 amide bonds. The summed E-state index contributed by atoms with van der Waals surface area (Å²) in [6.45, 7) is 2.90. The number of carbonyl (C=O) groups is 1. The Morgan fingerprint density at radius 2 is 2.27 bits per heavy atom. The van der Waals surface area contributed by atoms with Gasteiger partial charge in [-0.25, -0.2) is 0 Å². The van der Waals surface area contributed by atoms with E-state index in [1.807, 2.05) is 0 Å². The molecule has 1 rings (SSSR count). The van der Waals surface area contributed by atoms with Crippen molar-refractivity contribution in [3.05, 3.63) is 29.3 Å². The van der Waals surface area contributed by atoms with Crippen molar-refractivity contribution in [1.29, 1.82) is 0 Å². The van der Waals surface area contributed by atoms with Crippen molar-refractivity contribution in [1.82, 2.24) is 5.32 Å². The lowest BCUT2D eigenvalue weighted by atomic mass is 10.1. The van der Waals surface area contributed by atoms with E-state index in [0.29, 0.717) is 18.7 Å². The Hall–Kier alpha value is -1.55. The molecule has 0 saturated heterocycles. The van der Waals surface area contributed by atoms with Crippen molar-refractivity contribution in [2.75, 3.05) is 13.1 Å². The Bertz CT molecular complexity index is 350. The highest BCUT2D eigenvalue weighted by molar-refractivity contribution is 5.94. The average molecular weight is 208 g/mol. The number of hydrogen-bond donors (Lipinski definition) is 3. The first-order valence-corrected chi connectivity index (χ1v) is 4.93. The van der Waals surface area contributed by atoms with Gasteiger partial charge in [0.25, 0.3) is 5.91 Å². The minimum absolute atomic E-state index is 0.140.